The largest absolute Gasteiger partial charge is 0.491 e. The minimum absolute atomic E-state index is 0.151. The normalized spacial score (nSPS) is 13.4. The predicted molar refractivity (Wildman–Crippen MR) is 99.8 cm³/mol. The third kappa shape index (κ3) is 11.2. The van der Waals surface area contributed by atoms with Crippen molar-refractivity contribution in [3.8, 4) is 0 Å². The number of ether oxygens (including phenoxy) is 2. The van der Waals surface area contributed by atoms with Gasteiger partial charge in [0.1, 0.15) is 17.4 Å². The number of hydrogen-bond donors (Lipinski definition) is 2. The van der Waals surface area contributed by atoms with Gasteiger partial charge in [0.15, 0.2) is 0 Å². The Labute approximate surface area is 152 Å². The Kier molecular flexibility index (Phi) is 9.94. The lowest BCUT2D eigenvalue weighted by atomic mass is 10.1. The third-order valence-electron chi connectivity index (χ3n) is 3.43. The van der Waals surface area contributed by atoms with Crippen LogP contribution in [0.2, 0.25) is 0 Å². The zero-order valence-electron chi connectivity index (χ0n) is 16.5. The van der Waals surface area contributed by atoms with Crippen LogP contribution in [0.5, 0.6) is 0 Å². The number of carbonyl (C=O) groups is 2. The minimum atomic E-state index is -0.419. The first-order chi connectivity index (χ1) is 11.5. The van der Waals surface area contributed by atoms with Gasteiger partial charge in [-0.2, -0.15) is 0 Å². The zero-order valence-corrected chi connectivity index (χ0v) is 16.5. The summed E-state index contributed by atoms with van der Waals surface area (Å²) in [4.78, 5) is 23.3. The molecular formula is C19H34N2O4. The molecule has 0 spiro atoms. The predicted octanol–water partition coefficient (Wildman–Crippen LogP) is 3.05. The molecule has 6 heteroatoms. The SMILES string of the molecule is C=C(CCCCC(=O)OC)N[C@@H](C)C(=O)N[C@@H](C)C(=C)OC(C)(C)C. The van der Waals surface area contributed by atoms with Crippen LogP contribution in [0.25, 0.3) is 0 Å². The second kappa shape index (κ2) is 10.8. The lowest BCUT2D eigenvalue weighted by Crippen LogP contribution is -2.46. The van der Waals surface area contributed by atoms with E-state index in [-0.39, 0.29) is 23.5 Å². The van der Waals surface area contributed by atoms with Crippen molar-refractivity contribution in [2.45, 2.75) is 78.0 Å². The molecule has 0 aliphatic carbocycles. The molecule has 144 valence electrons. The Bertz CT molecular complexity index is 480. The topological polar surface area (TPSA) is 76.7 Å². The summed E-state index contributed by atoms with van der Waals surface area (Å²) in [5, 5.41) is 5.95. The Hall–Kier alpha value is -1.98. The minimum Gasteiger partial charge on any atom is -0.491 e. The molecule has 0 saturated carbocycles. The lowest BCUT2D eigenvalue weighted by molar-refractivity contribution is -0.140. The van der Waals surface area contributed by atoms with E-state index >= 15 is 0 Å². The van der Waals surface area contributed by atoms with E-state index in [1.54, 1.807) is 6.92 Å². The van der Waals surface area contributed by atoms with E-state index in [9.17, 15) is 9.59 Å². The van der Waals surface area contributed by atoms with Gasteiger partial charge in [-0.25, -0.2) is 0 Å². The maximum absolute atomic E-state index is 12.2. The van der Waals surface area contributed by atoms with Crippen LogP contribution in [0.4, 0.5) is 0 Å². The molecule has 0 saturated heterocycles. The van der Waals surface area contributed by atoms with Gasteiger partial charge >= 0.3 is 5.97 Å². The molecule has 1 amide bonds. The van der Waals surface area contributed by atoms with E-state index in [2.05, 4.69) is 28.5 Å². The fraction of sp³-hybridized carbons (Fsp3) is 0.684. The molecule has 2 atom stereocenters. The van der Waals surface area contributed by atoms with Crippen LogP contribution in [0, 0.1) is 0 Å². The number of methoxy groups -OCH3 is 1. The van der Waals surface area contributed by atoms with Crippen LogP contribution in [-0.2, 0) is 19.1 Å². The molecule has 2 N–H and O–H groups in total. The highest BCUT2D eigenvalue weighted by Gasteiger charge is 2.20. The highest BCUT2D eigenvalue weighted by Crippen LogP contribution is 2.14. The first-order valence-electron chi connectivity index (χ1n) is 8.65. The van der Waals surface area contributed by atoms with Crippen molar-refractivity contribution in [2.75, 3.05) is 7.11 Å². The summed E-state index contributed by atoms with van der Waals surface area (Å²) in [6, 6.07) is -0.706. The molecule has 0 rings (SSSR count). The number of esters is 1. The lowest BCUT2D eigenvalue weighted by Gasteiger charge is -2.27. The van der Waals surface area contributed by atoms with Crippen LogP contribution in [0.15, 0.2) is 24.6 Å². The summed E-state index contributed by atoms with van der Waals surface area (Å²) < 4.78 is 10.3. The highest BCUT2D eigenvalue weighted by atomic mass is 16.5. The van der Waals surface area contributed by atoms with Crippen LogP contribution >= 0.6 is 0 Å². The molecule has 0 unspecified atom stereocenters. The molecule has 0 radical (unpaired) electrons. The van der Waals surface area contributed by atoms with Gasteiger partial charge in [-0.15, -0.1) is 0 Å². The van der Waals surface area contributed by atoms with Gasteiger partial charge in [-0.1, -0.05) is 13.2 Å². The number of hydrogen-bond acceptors (Lipinski definition) is 5. The number of allylic oxidation sites excluding steroid dienone is 1. The van der Waals surface area contributed by atoms with Gasteiger partial charge < -0.3 is 20.1 Å². The fourth-order valence-corrected chi connectivity index (χ4v) is 2.05. The van der Waals surface area contributed by atoms with E-state index in [0.29, 0.717) is 18.6 Å². The van der Waals surface area contributed by atoms with Crippen molar-refractivity contribution < 1.29 is 19.1 Å². The summed E-state index contributed by atoms with van der Waals surface area (Å²) >= 11 is 0. The van der Waals surface area contributed by atoms with Crippen molar-refractivity contribution in [3.05, 3.63) is 24.6 Å². The maximum atomic E-state index is 12.2. The molecule has 0 heterocycles. The van der Waals surface area contributed by atoms with Crippen LogP contribution in [0.3, 0.4) is 0 Å². The standard InChI is InChI=1S/C19H34N2O4/c1-13(11-9-10-12-17(22)24-8)20-15(3)18(23)21-14(2)16(4)25-19(5,6)7/h14-15,20H,1,4,9-12H2,2-3,5-8H3,(H,21,23)/t14-,15-/m0/s1. The van der Waals surface area contributed by atoms with E-state index in [1.807, 2.05) is 27.7 Å². The van der Waals surface area contributed by atoms with Crippen LogP contribution in [-0.4, -0.2) is 36.7 Å². The summed E-state index contributed by atoms with van der Waals surface area (Å²) in [5.74, 6) is 0.162. The average Bonchev–Trinajstić information content (AvgIpc) is 2.49. The Morgan fingerprint density at radius 2 is 1.56 bits per heavy atom. The highest BCUT2D eigenvalue weighted by molar-refractivity contribution is 5.82. The zero-order chi connectivity index (χ0) is 19.6. The van der Waals surface area contributed by atoms with E-state index in [0.717, 1.165) is 18.5 Å². The second-order valence-corrected chi connectivity index (χ2v) is 7.16. The first-order valence-corrected chi connectivity index (χ1v) is 8.65. The van der Waals surface area contributed by atoms with Gasteiger partial charge in [0, 0.05) is 12.1 Å². The molecule has 6 nitrogen and oxygen atoms in total. The van der Waals surface area contributed by atoms with Gasteiger partial charge in [-0.3, -0.25) is 9.59 Å². The molecule has 0 aliphatic heterocycles. The molecule has 0 aromatic heterocycles. The van der Waals surface area contributed by atoms with Crippen molar-refractivity contribution in [2.24, 2.45) is 0 Å². The van der Waals surface area contributed by atoms with Crippen LogP contribution in [0.1, 0.15) is 60.3 Å². The summed E-state index contributed by atoms with van der Waals surface area (Å²) in [5.41, 5.74) is 0.420. The molecule has 0 aromatic rings. The Morgan fingerprint density at radius 1 is 1.00 bits per heavy atom. The van der Waals surface area contributed by atoms with E-state index in [1.165, 1.54) is 7.11 Å². The molecule has 0 aliphatic rings. The quantitative estimate of drug-likeness (QED) is 0.339. The number of nitrogens with one attached hydrogen (secondary N) is 2. The molecule has 0 fully saturated rings. The van der Waals surface area contributed by atoms with Crippen molar-refractivity contribution >= 4 is 11.9 Å². The number of amides is 1. The molecule has 0 bridgehead atoms. The third-order valence-corrected chi connectivity index (χ3v) is 3.43. The number of carbonyl (C=O) groups excluding carboxylic acids is 2. The summed E-state index contributed by atoms with van der Waals surface area (Å²) in [6.07, 6.45) is 2.63. The van der Waals surface area contributed by atoms with Gasteiger partial charge in [0.05, 0.1) is 13.2 Å². The number of unbranched alkanes of at least 4 members (excludes halogenated alkanes) is 1. The molecule has 0 aromatic carbocycles. The first kappa shape index (κ1) is 23.0. The van der Waals surface area contributed by atoms with Gasteiger partial charge in [-0.05, 0) is 53.9 Å². The molecular weight excluding hydrogens is 320 g/mol. The van der Waals surface area contributed by atoms with Crippen LogP contribution < -0.4 is 10.6 Å². The van der Waals surface area contributed by atoms with Crippen molar-refractivity contribution in [3.63, 3.8) is 0 Å². The maximum Gasteiger partial charge on any atom is 0.305 e. The van der Waals surface area contributed by atoms with Gasteiger partial charge in [0.25, 0.3) is 0 Å². The fourth-order valence-electron chi connectivity index (χ4n) is 2.05. The monoisotopic (exact) mass is 354 g/mol. The van der Waals surface area contributed by atoms with E-state index < -0.39 is 6.04 Å². The average molecular weight is 354 g/mol. The smallest absolute Gasteiger partial charge is 0.305 e. The Morgan fingerprint density at radius 3 is 2.08 bits per heavy atom. The second-order valence-electron chi connectivity index (χ2n) is 7.16. The number of rotatable bonds is 11. The van der Waals surface area contributed by atoms with Crippen molar-refractivity contribution in [1.82, 2.24) is 10.6 Å². The van der Waals surface area contributed by atoms with Gasteiger partial charge in [0.2, 0.25) is 5.91 Å². The summed E-state index contributed by atoms with van der Waals surface area (Å²) in [7, 11) is 1.38. The van der Waals surface area contributed by atoms with E-state index in [4.69, 9.17) is 4.74 Å². The summed E-state index contributed by atoms with van der Waals surface area (Å²) in [6.45, 7) is 17.2. The Balaban J connectivity index is 4.18. The molecule has 25 heavy (non-hydrogen) atoms. The van der Waals surface area contributed by atoms with Crippen molar-refractivity contribution in [1.29, 1.82) is 0 Å².